The summed E-state index contributed by atoms with van der Waals surface area (Å²) in [5.74, 6) is 0.686. The fourth-order valence-corrected chi connectivity index (χ4v) is 6.47. The smallest absolute Gasteiger partial charge is 0.341 e. The van der Waals surface area contributed by atoms with Crippen molar-refractivity contribution in [3.05, 3.63) is 52.3 Å². The lowest BCUT2D eigenvalue weighted by Crippen LogP contribution is -2.11. The summed E-state index contributed by atoms with van der Waals surface area (Å²) < 4.78 is 10.4. The number of hydrogen-bond donors (Lipinski definition) is 0. The van der Waals surface area contributed by atoms with Crippen molar-refractivity contribution in [3.8, 4) is 0 Å². The number of methoxy groups -OCH3 is 1. The quantitative estimate of drug-likeness (QED) is 0.109. The number of benzene rings is 1. The maximum Gasteiger partial charge on any atom is 0.341 e. The van der Waals surface area contributed by atoms with E-state index in [0.29, 0.717) is 6.42 Å². The molecular weight excluding hydrogens is 416 g/mol. The number of allylic oxidation sites excluding steroid dienone is 2. The second kappa shape index (κ2) is 12.3. The lowest BCUT2D eigenvalue weighted by molar-refractivity contribution is -0.140. The first-order chi connectivity index (χ1) is 14.3. The Labute approximate surface area is 188 Å². The molecule has 0 spiro atoms. The van der Waals surface area contributed by atoms with E-state index < -0.39 is 5.97 Å². The van der Waals surface area contributed by atoms with Crippen LogP contribution in [0.2, 0.25) is 0 Å². The molecular formula is C24H32O4S2. The van der Waals surface area contributed by atoms with E-state index in [1.165, 1.54) is 24.8 Å². The van der Waals surface area contributed by atoms with Gasteiger partial charge in [0.15, 0.2) is 0 Å². The minimum absolute atomic E-state index is 0.266. The molecule has 1 aliphatic rings. The molecule has 1 atom stereocenters. The third kappa shape index (κ3) is 7.55. The second-order valence-corrected chi connectivity index (χ2v) is 10.4. The Hall–Kier alpha value is -1.66. The van der Waals surface area contributed by atoms with E-state index in [1.807, 2.05) is 54.5 Å². The third-order valence-electron chi connectivity index (χ3n) is 5.10. The molecule has 164 valence electrons. The van der Waals surface area contributed by atoms with Crippen LogP contribution in [0.25, 0.3) is 5.57 Å². The molecule has 0 aliphatic carbocycles. The van der Waals surface area contributed by atoms with Gasteiger partial charge in [0.05, 0.1) is 12.7 Å². The molecule has 6 heteroatoms. The average Bonchev–Trinajstić information content (AvgIpc) is 3.22. The molecule has 1 saturated heterocycles. The van der Waals surface area contributed by atoms with E-state index in [9.17, 15) is 9.59 Å². The van der Waals surface area contributed by atoms with Crippen LogP contribution in [-0.2, 0) is 19.1 Å². The number of rotatable bonds is 9. The van der Waals surface area contributed by atoms with Crippen LogP contribution in [0.4, 0.5) is 0 Å². The van der Waals surface area contributed by atoms with E-state index in [0.717, 1.165) is 41.2 Å². The van der Waals surface area contributed by atoms with E-state index >= 15 is 0 Å². The standard InChI is InChI=1S/C24H32O4S2/c1-16-10-11-21(17(2)14-16)18(3)15-22(24(26)27-5)19(4)28-23(25)9-7-6-8-20-12-13-29-30-20/h10-11,14-15,20H,6-9,12-13H2,1-5H3. The van der Waals surface area contributed by atoms with Gasteiger partial charge < -0.3 is 9.47 Å². The van der Waals surface area contributed by atoms with Gasteiger partial charge in [-0.05, 0) is 69.7 Å². The Morgan fingerprint density at radius 1 is 1.20 bits per heavy atom. The molecule has 0 saturated carbocycles. The van der Waals surface area contributed by atoms with Crippen LogP contribution in [0.3, 0.4) is 0 Å². The van der Waals surface area contributed by atoms with Gasteiger partial charge >= 0.3 is 11.9 Å². The van der Waals surface area contributed by atoms with Crippen LogP contribution >= 0.6 is 21.6 Å². The van der Waals surface area contributed by atoms with Crippen LogP contribution in [0, 0.1) is 13.8 Å². The van der Waals surface area contributed by atoms with Crippen LogP contribution < -0.4 is 0 Å². The molecule has 0 radical (unpaired) electrons. The zero-order chi connectivity index (χ0) is 22.1. The van der Waals surface area contributed by atoms with Crippen LogP contribution in [0.1, 0.15) is 62.6 Å². The minimum atomic E-state index is -0.514. The number of esters is 2. The van der Waals surface area contributed by atoms with Gasteiger partial charge in [-0.15, -0.1) is 0 Å². The zero-order valence-electron chi connectivity index (χ0n) is 18.6. The minimum Gasteiger partial charge on any atom is -0.465 e. The molecule has 4 nitrogen and oxygen atoms in total. The number of aryl methyl sites for hydroxylation is 2. The van der Waals surface area contributed by atoms with Crippen molar-refractivity contribution in [3.63, 3.8) is 0 Å². The summed E-state index contributed by atoms with van der Waals surface area (Å²) in [5, 5.41) is 0.719. The lowest BCUT2D eigenvalue weighted by Gasteiger charge is -2.12. The zero-order valence-corrected chi connectivity index (χ0v) is 20.2. The first-order valence-corrected chi connectivity index (χ1v) is 12.7. The number of hydrogen-bond acceptors (Lipinski definition) is 6. The molecule has 0 aromatic heterocycles. The Balaban J connectivity index is 2.03. The summed E-state index contributed by atoms with van der Waals surface area (Å²) in [4.78, 5) is 24.6. The molecule has 2 rings (SSSR count). The van der Waals surface area contributed by atoms with Gasteiger partial charge in [0, 0.05) is 17.4 Å². The lowest BCUT2D eigenvalue weighted by atomic mass is 9.98. The van der Waals surface area contributed by atoms with Crippen molar-refractivity contribution in [2.75, 3.05) is 12.9 Å². The predicted molar refractivity (Wildman–Crippen MR) is 127 cm³/mol. The molecule has 0 bridgehead atoms. The highest BCUT2D eigenvalue weighted by atomic mass is 33.1. The van der Waals surface area contributed by atoms with Gasteiger partial charge in [-0.3, -0.25) is 4.79 Å². The summed E-state index contributed by atoms with van der Waals surface area (Å²) >= 11 is 0. The highest BCUT2D eigenvalue weighted by Gasteiger charge is 2.18. The van der Waals surface area contributed by atoms with Crippen molar-refractivity contribution >= 4 is 39.1 Å². The number of carbonyl (C=O) groups is 2. The third-order valence-corrected chi connectivity index (χ3v) is 8.11. The summed E-state index contributed by atoms with van der Waals surface area (Å²) in [6.07, 6.45) is 6.32. The second-order valence-electron chi connectivity index (χ2n) is 7.66. The first kappa shape index (κ1) is 24.6. The summed E-state index contributed by atoms with van der Waals surface area (Å²) in [5.41, 5.74) is 4.53. The maximum atomic E-state index is 12.3. The van der Waals surface area contributed by atoms with Gasteiger partial charge in [-0.25, -0.2) is 4.79 Å². The van der Waals surface area contributed by atoms with Gasteiger partial charge in [0.2, 0.25) is 0 Å². The maximum absolute atomic E-state index is 12.3. The average molecular weight is 449 g/mol. The van der Waals surface area contributed by atoms with Crippen molar-refractivity contribution in [2.24, 2.45) is 0 Å². The normalized spacial score (nSPS) is 17.5. The fourth-order valence-electron chi connectivity index (χ4n) is 3.45. The number of ether oxygens (including phenoxy) is 2. The molecule has 1 unspecified atom stereocenters. The Kier molecular flexibility index (Phi) is 10.1. The van der Waals surface area contributed by atoms with Gasteiger partial charge in [0.25, 0.3) is 0 Å². The van der Waals surface area contributed by atoms with Gasteiger partial charge in [-0.1, -0.05) is 51.8 Å². The van der Waals surface area contributed by atoms with Gasteiger partial charge in [0.1, 0.15) is 5.76 Å². The van der Waals surface area contributed by atoms with Crippen molar-refractivity contribution in [2.45, 2.75) is 65.0 Å². The van der Waals surface area contributed by atoms with Gasteiger partial charge in [-0.2, -0.15) is 0 Å². The molecule has 30 heavy (non-hydrogen) atoms. The van der Waals surface area contributed by atoms with E-state index in [-0.39, 0.29) is 17.3 Å². The largest absolute Gasteiger partial charge is 0.465 e. The van der Waals surface area contributed by atoms with E-state index in [4.69, 9.17) is 9.47 Å². The van der Waals surface area contributed by atoms with Crippen LogP contribution in [0.5, 0.6) is 0 Å². The topological polar surface area (TPSA) is 52.6 Å². The highest BCUT2D eigenvalue weighted by molar-refractivity contribution is 8.77. The van der Waals surface area contributed by atoms with Crippen LogP contribution in [-0.4, -0.2) is 30.1 Å². The highest BCUT2D eigenvalue weighted by Crippen LogP contribution is 2.39. The van der Waals surface area contributed by atoms with Crippen molar-refractivity contribution < 1.29 is 19.1 Å². The fraction of sp³-hybridized carbons (Fsp3) is 0.500. The van der Waals surface area contributed by atoms with Crippen molar-refractivity contribution in [1.82, 2.24) is 0 Å². The Morgan fingerprint density at radius 2 is 1.97 bits per heavy atom. The first-order valence-electron chi connectivity index (χ1n) is 10.4. The summed E-state index contributed by atoms with van der Waals surface area (Å²) in [6, 6.07) is 6.18. The molecule has 0 amide bonds. The molecule has 1 aromatic carbocycles. The molecule has 1 fully saturated rings. The van der Waals surface area contributed by atoms with Crippen LogP contribution in [0.15, 0.2) is 35.6 Å². The molecule has 1 aliphatic heterocycles. The number of unbranched alkanes of at least 4 members (excludes halogenated alkanes) is 1. The monoisotopic (exact) mass is 448 g/mol. The number of carbonyl (C=O) groups excluding carboxylic acids is 2. The molecule has 1 heterocycles. The Bertz CT molecular complexity index is 820. The Morgan fingerprint density at radius 3 is 2.60 bits per heavy atom. The van der Waals surface area contributed by atoms with E-state index in [2.05, 4.69) is 6.07 Å². The predicted octanol–water partition coefficient (Wildman–Crippen LogP) is 6.41. The molecule has 0 N–H and O–H groups in total. The summed E-state index contributed by atoms with van der Waals surface area (Å²) in [6.45, 7) is 7.67. The molecule has 1 aromatic rings. The summed E-state index contributed by atoms with van der Waals surface area (Å²) in [7, 11) is 5.23. The van der Waals surface area contributed by atoms with Crippen molar-refractivity contribution in [1.29, 1.82) is 0 Å². The SMILES string of the molecule is COC(=O)C(C=C(C)c1ccc(C)cc1C)=C(C)OC(=O)CCCCC1CCSS1. The van der Waals surface area contributed by atoms with E-state index in [1.54, 1.807) is 13.0 Å².